The Kier molecular flexibility index (Phi) is 6.52. The van der Waals surface area contributed by atoms with Crippen molar-refractivity contribution in [2.45, 2.75) is 39.7 Å². The number of hydrogen-bond acceptors (Lipinski definition) is 4. The SMILES string of the molecule is CCCN1c2cc(Cl)c(/C=N\NC(=O)c3cccc(OC)c3)cc2C(C)=CC1(C)C. The summed E-state index contributed by atoms with van der Waals surface area (Å²) in [4.78, 5) is 14.7. The third-order valence-corrected chi connectivity index (χ3v) is 5.57. The number of hydrogen-bond donors (Lipinski definition) is 1. The van der Waals surface area contributed by atoms with E-state index in [0.29, 0.717) is 16.3 Å². The summed E-state index contributed by atoms with van der Waals surface area (Å²) < 4.78 is 5.15. The average Bonchev–Trinajstić information content (AvgIpc) is 2.71. The van der Waals surface area contributed by atoms with Gasteiger partial charge in [-0.15, -0.1) is 0 Å². The van der Waals surface area contributed by atoms with Crippen molar-refractivity contribution in [1.82, 2.24) is 5.43 Å². The second kappa shape index (κ2) is 8.92. The van der Waals surface area contributed by atoms with Crippen molar-refractivity contribution >= 4 is 35.0 Å². The largest absolute Gasteiger partial charge is 0.497 e. The van der Waals surface area contributed by atoms with Gasteiger partial charge in [0.05, 0.1) is 23.9 Å². The first-order valence-corrected chi connectivity index (χ1v) is 10.4. The fourth-order valence-corrected chi connectivity index (χ4v) is 4.04. The van der Waals surface area contributed by atoms with E-state index in [1.165, 1.54) is 5.57 Å². The molecule has 0 atom stereocenters. The lowest BCUT2D eigenvalue weighted by atomic mass is 9.88. The fraction of sp³-hybridized carbons (Fsp3) is 0.333. The number of nitrogens with zero attached hydrogens (tertiary/aromatic N) is 2. The molecule has 0 radical (unpaired) electrons. The van der Waals surface area contributed by atoms with E-state index in [4.69, 9.17) is 16.3 Å². The number of amides is 1. The number of benzene rings is 2. The van der Waals surface area contributed by atoms with Gasteiger partial charge in [0.1, 0.15) is 5.75 Å². The van der Waals surface area contributed by atoms with Gasteiger partial charge >= 0.3 is 0 Å². The Hall–Kier alpha value is -2.79. The van der Waals surface area contributed by atoms with Crippen molar-refractivity contribution < 1.29 is 9.53 Å². The van der Waals surface area contributed by atoms with Crippen LogP contribution in [0.15, 0.2) is 47.6 Å². The molecule has 158 valence electrons. The van der Waals surface area contributed by atoms with Gasteiger partial charge in [-0.05, 0) is 63.1 Å². The maximum atomic E-state index is 12.3. The highest BCUT2D eigenvalue weighted by Gasteiger charge is 2.31. The van der Waals surface area contributed by atoms with Gasteiger partial charge in [-0.3, -0.25) is 4.79 Å². The number of allylic oxidation sites excluding steroid dienone is 1. The van der Waals surface area contributed by atoms with Crippen molar-refractivity contribution in [3.63, 3.8) is 0 Å². The van der Waals surface area contributed by atoms with Crippen molar-refractivity contribution in [3.8, 4) is 5.75 Å². The molecule has 0 aliphatic carbocycles. The number of carbonyl (C=O) groups excluding carboxylic acids is 1. The Morgan fingerprint density at radius 1 is 1.30 bits per heavy atom. The number of ether oxygens (including phenoxy) is 1. The van der Waals surface area contributed by atoms with Crippen LogP contribution in [0.2, 0.25) is 5.02 Å². The Morgan fingerprint density at radius 2 is 2.07 bits per heavy atom. The molecule has 3 rings (SSSR count). The number of methoxy groups -OCH3 is 1. The molecule has 1 amide bonds. The third kappa shape index (κ3) is 4.51. The molecule has 1 aliphatic rings. The summed E-state index contributed by atoms with van der Waals surface area (Å²) in [5.74, 6) is 0.303. The van der Waals surface area contributed by atoms with Gasteiger partial charge in [0.15, 0.2) is 0 Å². The number of hydrazone groups is 1. The average molecular weight is 426 g/mol. The topological polar surface area (TPSA) is 53.9 Å². The van der Waals surface area contributed by atoms with Crippen LogP contribution in [-0.2, 0) is 0 Å². The number of rotatable bonds is 6. The van der Waals surface area contributed by atoms with Gasteiger partial charge in [-0.25, -0.2) is 5.43 Å². The van der Waals surface area contributed by atoms with Gasteiger partial charge < -0.3 is 9.64 Å². The lowest BCUT2D eigenvalue weighted by molar-refractivity contribution is 0.0955. The molecule has 5 nitrogen and oxygen atoms in total. The Bertz CT molecular complexity index is 1010. The van der Waals surface area contributed by atoms with E-state index in [1.807, 2.05) is 12.1 Å². The minimum Gasteiger partial charge on any atom is -0.497 e. The van der Waals surface area contributed by atoms with Gasteiger partial charge in [-0.2, -0.15) is 5.10 Å². The second-order valence-electron chi connectivity index (χ2n) is 7.95. The zero-order valence-corrected chi connectivity index (χ0v) is 18.9. The van der Waals surface area contributed by atoms with E-state index in [0.717, 1.165) is 29.8 Å². The fourth-order valence-electron chi connectivity index (χ4n) is 3.84. The minimum absolute atomic E-state index is 0.0727. The lowest BCUT2D eigenvalue weighted by Crippen LogP contribution is -2.45. The van der Waals surface area contributed by atoms with E-state index in [2.05, 4.69) is 49.2 Å². The number of halogens is 1. The van der Waals surface area contributed by atoms with Crippen LogP contribution in [0.1, 0.15) is 55.6 Å². The highest BCUT2D eigenvalue weighted by atomic mass is 35.5. The Labute approximate surface area is 183 Å². The van der Waals surface area contributed by atoms with Gasteiger partial charge in [-0.1, -0.05) is 30.7 Å². The van der Waals surface area contributed by atoms with Crippen molar-refractivity contribution in [2.24, 2.45) is 5.10 Å². The molecule has 0 saturated carbocycles. The van der Waals surface area contributed by atoms with Gasteiger partial charge in [0.25, 0.3) is 5.91 Å². The van der Waals surface area contributed by atoms with E-state index in [9.17, 15) is 4.79 Å². The van der Waals surface area contributed by atoms with Crippen LogP contribution in [0.3, 0.4) is 0 Å². The van der Waals surface area contributed by atoms with Crippen LogP contribution in [0.5, 0.6) is 5.75 Å². The van der Waals surface area contributed by atoms with E-state index in [-0.39, 0.29) is 11.4 Å². The molecule has 1 heterocycles. The standard InChI is InChI=1S/C24H28ClN3O2/c1-6-10-28-22-13-21(25)18(12-20(22)16(2)14-24(28,3)4)15-26-27-23(29)17-8-7-9-19(11-17)30-5/h7-9,11-15H,6,10H2,1-5H3,(H,27,29)/b26-15-. The predicted octanol–water partition coefficient (Wildman–Crippen LogP) is 5.52. The number of carbonyl (C=O) groups is 1. The van der Waals surface area contributed by atoms with Gasteiger partial charge in [0.2, 0.25) is 0 Å². The number of anilines is 1. The summed E-state index contributed by atoms with van der Waals surface area (Å²) in [5, 5.41) is 4.71. The number of nitrogens with one attached hydrogen (secondary N) is 1. The molecule has 0 aromatic heterocycles. The first kappa shape index (κ1) is 21.9. The summed E-state index contributed by atoms with van der Waals surface area (Å²) in [5.41, 5.74) is 7.17. The molecule has 1 N–H and O–H groups in total. The molecule has 6 heteroatoms. The second-order valence-corrected chi connectivity index (χ2v) is 8.36. The molecule has 1 aliphatic heterocycles. The molecular formula is C24H28ClN3O2. The lowest BCUT2D eigenvalue weighted by Gasteiger charge is -2.43. The summed E-state index contributed by atoms with van der Waals surface area (Å²) in [6.07, 6.45) is 4.91. The molecule has 30 heavy (non-hydrogen) atoms. The molecule has 0 spiro atoms. The van der Waals surface area contributed by atoms with E-state index < -0.39 is 0 Å². The maximum Gasteiger partial charge on any atom is 0.271 e. The predicted molar refractivity (Wildman–Crippen MR) is 125 cm³/mol. The Morgan fingerprint density at radius 3 is 2.77 bits per heavy atom. The van der Waals surface area contributed by atoms with E-state index in [1.54, 1.807) is 37.6 Å². The molecular weight excluding hydrogens is 398 g/mol. The molecule has 0 fully saturated rings. The van der Waals surface area contributed by atoms with Crippen molar-refractivity contribution in [3.05, 3.63) is 64.2 Å². The minimum atomic E-state index is -0.314. The zero-order chi connectivity index (χ0) is 21.9. The van der Waals surface area contributed by atoms with Crippen molar-refractivity contribution in [2.75, 3.05) is 18.6 Å². The van der Waals surface area contributed by atoms with Gasteiger partial charge in [0, 0.05) is 28.9 Å². The molecule has 0 unspecified atom stereocenters. The quantitative estimate of drug-likeness (QED) is 0.489. The summed E-state index contributed by atoms with van der Waals surface area (Å²) in [6.45, 7) is 9.67. The first-order chi connectivity index (χ1) is 14.3. The van der Waals surface area contributed by atoms with E-state index >= 15 is 0 Å². The maximum absolute atomic E-state index is 12.3. The summed E-state index contributed by atoms with van der Waals surface area (Å²) in [7, 11) is 1.56. The summed E-state index contributed by atoms with van der Waals surface area (Å²) in [6, 6.07) is 10.9. The molecule has 0 bridgehead atoms. The van der Waals surface area contributed by atoms with Crippen LogP contribution in [0.25, 0.3) is 5.57 Å². The van der Waals surface area contributed by atoms with Crippen LogP contribution < -0.4 is 15.1 Å². The number of fused-ring (bicyclic) bond motifs is 1. The first-order valence-electron chi connectivity index (χ1n) is 10.0. The summed E-state index contributed by atoms with van der Waals surface area (Å²) >= 11 is 6.57. The highest BCUT2D eigenvalue weighted by molar-refractivity contribution is 6.33. The Balaban J connectivity index is 1.84. The molecule has 0 saturated heterocycles. The van der Waals surface area contributed by atoms with Crippen LogP contribution in [-0.4, -0.2) is 31.3 Å². The smallest absolute Gasteiger partial charge is 0.271 e. The van der Waals surface area contributed by atoms with Crippen molar-refractivity contribution in [1.29, 1.82) is 0 Å². The normalized spacial score (nSPS) is 15.0. The third-order valence-electron chi connectivity index (χ3n) is 5.24. The van der Waals surface area contributed by atoms with Crippen LogP contribution in [0.4, 0.5) is 5.69 Å². The highest BCUT2D eigenvalue weighted by Crippen LogP contribution is 2.41. The molecule has 2 aromatic rings. The monoisotopic (exact) mass is 425 g/mol. The van der Waals surface area contributed by atoms with Crippen LogP contribution in [0, 0.1) is 0 Å². The molecule has 2 aromatic carbocycles. The van der Waals surface area contributed by atoms with Crippen LogP contribution >= 0.6 is 11.6 Å². The zero-order valence-electron chi connectivity index (χ0n) is 18.1.